The van der Waals surface area contributed by atoms with Crippen LogP contribution < -0.4 is 21.3 Å². The lowest BCUT2D eigenvalue weighted by Crippen LogP contribution is -2.36. The Bertz CT molecular complexity index is 1390. The van der Waals surface area contributed by atoms with Gasteiger partial charge in [-0.2, -0.15) is 11.8 Å². The van der Waals surface area contributed by atoms with Gasteiger partial charge in [0, 0.05) is 43.5 Å². The summed E-state index contributed by atoms with van der Waals surface area (Å²) < 4.78 is 6.31. The molecule has 5 N–H and O–H groups in total. The molecule has 0 radical (unpaired) electrons. The maximum absolute atomic E-state index is 12.4. The highest BCUT2D eigenvalue weighted by atomic mass is 32.2. The summed E-state index contributed by atoms with van der Waals surface area (Å²) in [7, 11) is 0. The van der Waals surface area contributed by atoms with Crippen molar-refractivity contribution in [2.45, 2.75) is 185 Å². The van der Waals surface area contributed by atoms with E-state index in [9.17, 15) is 19.5 Å². The van der Waals surface area contributed by atoms with Crippen LogP contribution in [-0.4, -0.2) is 77.4 Å². The number of amides is 4. The number of urea groups is 1. The smallest absolute Gasteiger partial charge is 0.315 e. The van der Waals surface area contributed by atoms with Crippen molar-refractivity contribution in [2.75, 3.05) is 25.4 Å². The summed E-state index contributed by atoms with van der Waals surface area (Å²) in [6, 6.07) is 0.431. The van der Waals surface area contributed by atoms with Gasteiger partial charge in [0.15, 0.2) is 0 Å². The molecule has 10 heteroatoms. The van der Waals surface area contributed by atoms with Gasteiger partial charge >= 0.3 is 6.03 Å². The van der Waals surface area contributed by atoms with Gasteiger partial charge in [0.25, 0.3) is 0 Å². The number of hydrogen-bond donors (Lipinski definition) is 5. The lowest BCUT2D eigenvalue weighted by Gasteiger charge is -2.44. The van der Waals surface area contributed by atoms with E-state index in [0.29, 0.717) is 55.0 Å². The van der Waals surface area contributed by atoms with E-state index in [4.69, 9.17) is 4.74 Å². The molecule has 3 aliphatic carbocycles. The van der Waals surface area contributed by atoms with Crippen LogP contribution in [0.1, 0.15) is 156 Å². The van der Waals surface area contributed by atoms with Crippen molar-refractivity contribution >= 4 is 29.6 Å². The molecule has 0 spiro atoms. The van der Waals surface area contributed by atoms with Gasteiger partial charge in [0.2, 0.25) is 11.8 Å². The third-order valence-electron chi connectivity index (χ3n) is 13.8. The molecule has 4 unspecified atom stereocenters. The minimum absolute atomic E-state index is 0.0506. The summed E-state index contributed by atoms with van der Waals surface area (Å²) >= 11 is 1.92. The number of nitrogens with one attached hydrogen (secondary N) is 4. The number of thioether (sulfide) groups is 1. The zero-order chi connectivity index (χ0) is 40.1. The number of fused-ring (bicyclic) bond motifs is 2. The van der Waals surface area contributed by atoms with Crippen molar-refractivity contribution < 1.29 is 24.2 Å². The highest BCUT2D eigenvalue weighted by molar-refractivity contribution is 8.00. The molecule has 8 atom stereocenters. The van der Waals surface area contributed by atoms with Crippen LogP contribution in [0, 0.1) is 23.2 Å². The predicted molar refractivity (Wildman–Crippen MR) is 229 cm³/mol. The second-order valence-electron chi connectivity index (χ2n) is 18.8. The largest absolute Gasteiger partial charge is 0.390 e. The van der Waals surface area contributed by atoms with Gasteiger partial charge in [-0.25, -0.2) is 4.79 Å². The fourth-order valence-electron chi connectivity index (χ4n) is 10.6. The van der Waals surface area contributed by atoms with E-state index in [1.165, 1.54) is 49.7 Å². The summed E-state index contributed by atoms with van der Waals surface area (Å²) in [4.78, 5) is 36.2. The van der Waals surface area contributed by atoms with E-state index in [-0.39, 0.29) is 36.0 Å². The zero-order valence-corrected chi connectivity index (χ0v) is 36.2. The first-order valence-electron chi connectivity index (χ1n) is 22.5. The summed E-state index contributed by atoms with van der Waals surface area (Å²) in [5.41, 5.74) is 4.06. The van der Waals surface area contributed by atoms with E-state index in [1.807, 2.05) is 25.6 Å². The number of hydrogen-bond acceptors (Lipinski definition) is 6. The summed E-state index contributed by atoms with van der Waals surface area (Å²) in [5.74, 6) is 3.31. The minimum atomic E-state index is -0.565. The lowest BCUT2D eigenvalue weighted by atomic mass is 9.60. The molecule has 316 valence electrons. The SMILES string of the molecule is C=C1CC[C@H](OCCCNC(=O)CCCCCNC(=O)CCCCC2SCC3NC(=O)NC32)C/C1=C/C=C1CCC[C@@]2(C)C1CC[C@@H]2[C@H](C)CCCC(C)(C)O. The molecule has 2 saturated heterocycles. The zero-order valence-electron chi connectivity index (χ0n) is 35.4. The third-order valence-corrected chi connectivity index (χ3v) is 15.3. The Labute approximate surface area is 343 Å². The average molecular weight is 797 g/mol. The number of carbonyl (C=O) groups excluding carboxylic acids is 3. The van der Waals surface area contributed by atoms with Crippen LogP contribution in [0.15, 0.2) is 35.5 Å². The van der Waals surface area contributed by atoms with Crippen molar-refractivity contribution in [1.82, 2.24) is 21.3 Å². The van der Waals surface area contributed by atoms with Gasteiger partial charge < -0.3 is 31.1 Å². The Morgan fingerprint density at radius 3 is 2.52 bits per heavy atom. The second-order valence-corrected chi connectivity index (χ2v) is 20.1. The fourth-order valence-corrected chi connectivity index (χ4v) is 12.2. The number of ether oxygens (including phenoxy) is 1. The average Bonchev–Trinajstić information content (AvgIpc) is 3.82. The molecule has 9 nitrogen and oxygen atoms in total. The molecule has 5 fully saturated rings. The van der Waals surface area contributed by atoms with Crippen molar-refractivity contribution in [2.24, 2.45) is 23.2 Å². The number of allylic oxidation sites excluding steroid dienone is 4. The van der Waals surface area contributed by atoms with Gasteiger partial charge in [-0.05, 0) is 132 Å². The van der Waals surface area contributed by atoms with Crippen LogP contribution in [0.2, 0.25) is 0 Å². The van der Waals surface area contributed by atoms with E-state index >= 15 is 0 Å². The van der Waals surface area contributed by atoms with E-state index in [2.05, 4.69) is 53.8 Å². The maximum Gasteiger partial charge on any atom is 0.315 e. The molecule has 0 aromatic rings. The van der Waals surface area contributed by atoms with E-state index < -0.39 is 5.60 Å². The molecule has 4 amide bonds. The van der Waals surface area contributed by atoms with Gasteiger partial charge in [-0.1, -0.05) is 69.4 Å². The van der Waals surface area contributed by atoms with Gasteiger partial charge in [-0.15, -0.1) is 0 Å². The van der Waals surface area contributed by atoms with Gasteiger partial charge in [0.1, 0.15) is 0 Å². The molecule has 3 saturated carbocycles. The van der Waals surface area contributed by atoms with Crippen molar-refractivity contribution in [3.63, 3.8) is 0 Å². The highest BCUT2D eigenvalue weighted by Gasteiger charge is 2.50. The van der Waals surface area contributed by atoms with E-state index in [1.54, 1.807) is 5.57 Å². The number of rotatable bonds is 22. The van der Waals surface area contributed by atoms with Crippen molar-refractivity contribution in [3.05, 3.63) is 35.5 Å². The first-order valence-corrected chi connectivity index (χ1v) is 23.5. The van der Waals surface area contributed by atoms with E-state index in [0.717, 1.165) is 88.7 Å². The Morgan fingerprint density at radius 1 is 1.00 bits per heavy atom. The van der Waals surface area contributed by atoms with Crippen LogP contribution in [0.3, 0.4) is 0 Å². The van der Waals surface area contributed by atoms with Gasteiger partial charge in [-0.3, -0.25) is 9.59 Å². The number of carbonyl (C=O) groups is 3. The first-order chi connectivity index (χ1) is 26.8. The fraction of sp³-hybridized carbons (Fsp3) is 0.804. The number of aliphatic hydroxyl groups is 1. The topological polar surface area (TPSA) is 129 Å². The van der Waals surface area contributed by atoms with Crippen LogP contribution in [-0.2, 0) is 14.3 Å². The third kappa shape index (κ3) is 13.4. The molecule has 2 heterocycles. The Balaban J connectivity index is 0.891. The first kappa shape index (κ1) is 44.8. The minimum Gasteiger partial charge on any atom is -0.390 e. The van der Waals surface area contributed by atoms with Crippen LogP contribution in [0.4, 0.5) is 4.79 Å². The summed E-state index contributed by atoms with van der Waals surface area (Å²) in [6.07, 6.45) is 25.0. The molecule has 5 aliphatic rings. The molecule has 0 aromatic carbocycles. The van der Waals surface area contributed by atoms with Crippen LogP contribution in [0.5, 0.6) is 0 Å². The molecule has 5 rings (SSSR count). The number of unbranched alkanes of at least 4 members (excludes halogenated alkanes) is 3. The molecule has 56 heavy (non-hydrogen) atoms. The van der Waals surface area contributed by atoms with Crippen molar-refractivity contribution in [1.29, 1.82) is 0 Å². The molecular formula is C46H76N4O5S. The summed E-state index contributed by atoms with van der Waals surface area (Å²) in [6.45, 7) is 15.3. The van der Waals surface area contributed by atoms with Crippen LogP contribution >= 0.6 is 11.8 Å². The monoisotopic (exact) mass is 797 g/mol. The maximum atomic E-state index is 12.4. The lowest BCUT2D eigenvalue weighted by molar-refractivity contribution is -0.122. The Hall–Kier alpha value is -2.30. The van der Waals surface area contributed by atoms with Crippen LogP contribution in [0.25, 0.3) is 0 Å². The quantitative estimate of drug-likeness (QED) is 0.0551. The molecule has 0 bridgehead atoms. The molecule has 2 aliphatic heterocycles. The van der Waals surface area contributed by atoms with Crippen molar-refractivity contribution in [3.8, 4) is 0 Å². The highest BCUT2D eigenvalue weighted by Crippen LogP contribution is 2.60. The summed E-state index contributed by atoms with van der Waals surface area (Å²) in [5, 5.41) is 22.7. The second kappa shape index (κ2) is 21.6. The predicted octanol–water partition coefficient (Wildman–Crippen LogP) is 8.67. The Kier molecular flexibility index (Phi) is 17.3. The normalized spacial score (nSPS) is 30.9. The Morgan fingerprint density at radius 2 is 1.75 bits per heavy atom. The molecular weight excluding hydrogens is 721 g/mol. The molecule has 0 aromatic heterocycles. The van der Waals surface area contributed by atoms with Gasteiger partial charge in [0.05, 0.1) is 23.8 Å². The standard InChI is InChI=1S/C46H76N4O5S/c1-32-19-22-36(30-35(32)21-20-34-15-12-26-46(5)37(23-24-38(34)46)33(2)14-11-25-45(3,4)54)55-29-13-28-48-41(51)17-7-6-10-27-47-42(52)18-9-8-16-40-43-39(31-56-40)49-44(53)50-43/h20-21,33,36-40,43,54H,1,6-19,22-31H2,2-5H3,(H,47,52)(H,48,51)(H2,49,50,53)/b34-20?,35-21-/t33-,36+,37-,38?,39?,40?,43?,46-/m1/s1.